The number of amides is 1. The van der Waals surface area contributed by atoms with Crippen LogP contribution >= 0.6 is 11.8 Å². The van der Waals surface area contributed by atoms with E-state index in [9.17, 15) is 9.59 Å². The number of carbonyl (C=O) groups is 2. The van der Waals surface area contributed by atoms with Crippen molar-refractivity contribution >= 4 is 29.3 Å². The fraction of sp³-hybridized carbons (Fsp3) is 0.333. The minimum atomic E-state index is -0.944. The zero-order chi connectivity index (χ0) is 12.6. The first-order valence-corrected chi connectivity index (χ1v) is 6.28. The molecule has 2 rings (SSSR count). The molecule has 1 aliphatic rings. The van der Waals surface area contributed by atoms with Crippen molar-refractivity contribution in [2.24, 2.45) is 0 Å². The molecule has 1 aromatic rings. The Balaban J connectivity index is 2.49. The predicted octanol–water partition coefficient (Wildman–Crippen LogP) is 2.23. The highest BCUT2D eigenvalue weighted by Gasteiger charge is 2.30. The topological polar surface area (TPSA) is 57.6 Å². The Labute approximate surface area is 104 Å². The molecule has 1 N–H and O–H groups in total. The van der Waals surface area contributed by atoms with Crippen molar-refractivity contribution < 1.29 is 14.7 Å². The molecule has 0 bridgehead atoms. The largest absolute Gasteiger partial charge is 0.478 e. The first-order valence-electron chi connectivity index (χ1n) is 5.40. The molecule has 0 saturated carbocycles. The second kappa shape index (κ2) is 4.41. The van der Waals surface area contributed by atoms with Crippen molar-refractivity contribution in [2.75, 3.05) is 11.4 Å². The number of hydrogen-bond acceptors (Lipinski definition) is 3. The molecular weight excluding hydrogens is 238 g/mol. The van der Waals surface area contributed by atoms with E-state index in [-0.39, 0.29) is 16.7 Å². The summed E-state index contributed by atoms with van der Waals surface area (Å²) in [5.41, 5.74) is 1.07. The zero-order valence-corrected chi connectivity index (χ0v) is 10.5. The third-order valence-corrected chi connectivity index (χ3v) is 3.87. The average molecular weight is 251 g/mol. The summed E-state index contributed by atoms with van der Waals surface area (Å²) < 4.78 is 0. The third kappa shape index (κ3) is 2.02. The lowest BCUT2D eigenvalue weighted by Crippen LogP contribution is -2.39. The summed E-state index contributed by atoms with van der Waals surface area (Å²) in [6.07, 6.45) is 0. The number of anilines is 1. The maximum Gasteiger partial charge on any atom is 0.335 e. The minimum Gasteiger partial charge on any atom is -0.478 e. The van der Waals surface area contributed by atoms with Gasteiger partial charge < -0.3 is 10.0 Å². The van der Waals surface area contributed by atoms with Crippen molar-refractivity contribution in [2.45, 2.75) is 24.0 Å². The molecule has 1 atom stereocenters. The van der Waals surface area contributed by atoms with Crippen LogP contribution in [0.5, 0.6) is 0 Å². The quantitative estimate of drug-likeness (QED) is 0.875. The number of rotatable bonds is 2. The predicted molar refractivity (Wildman–Crippen MR) is 66.7 cm³/mol. The highest BCUT2D eigenvalue weighted by atomic mass is 32.2. The molecule has 17 heavy (non-hydrogen) atoms. The number of fused-ring (bicyclic) bond motifs is 1. The van der Waals surface area contributed by atoms with E-state index in [1.165, 1.54) is 17.8 Å². The molecule has 90 valence electrons. The van der Waals surface area contributed by atoms with E-state index in [1.807, 2.05) is 13.8 Å². The van der Waals surface area contributed by atoms with Gasteiger partial charge in [-0.25, -0.2) is 4.79 Å². The highest BCUT2D eigenvalue weighted by molar-refractivity contribution is 8.01. The van der Waals surface area contributed by atoms with Gasteiger partial charge >= 0.3 is 5.97 Å². The van der Waals surface area contributed by atoms with Crippen LogP contribution < -0.4 is 4.90 Å². The maximum absolute atomic E-state index is 11.9. The van der Waals surface area contributed by atoms with Gasteiger partial charge in [0.05, 0.1) is 16.5 Å². The standard InChI is InChI=1S/C12H13NO3S/c1-3-13-9-5-4-8(12(15)16)6-10(9)17-7(2)11(13)14/h4-7H,3H2,1-2H3,(H,15,16). The molecule has 0 fully saturated rings. The number of thioether (sulfide) groups is 1. The highest BCUT2D eigenvalue weighted by Crippen LogP contribution is 2.39. The molecule has 0 radical (unpaired) electrons. The molecule has 5 heteroatoms. The van der Waals surface area contributed by atoms with Crippen molar-refractivity contribution in [3.8, 4) is 0 Å². The van der Waals surface area contributed by atoms with E-state index >= 15 is 0 Å². The molecule has 1 unspecified atom stereocenters. The number of nitrogens with zero attached hydrogens (tertiary/aromatic N) is 1. The summed E-state index contributed by atoms with van der Waals surface area (Å²) >= 11 is 1.42. The van der Waals surface area contributed by atoms with Gasteiger partial charge in [0.25, 0.3) is 0 Å². The average Bonchev–Trinajstić information content (AvgIpc) is 2.30. The number of benzene rings is 1. The van der Waals surface area contributed by atoms with Crippen LogP contribution in [0.2, 0.25) is 0 Å². The summed E-state index contributed by atoms with van der Waals surface area (Å²) in [6.45, 7) is 4.35. The summed E-state index contributed by atoms with van der Waals surface area (Å²) in [4.78, 5) is 25.4. The van der Waals surface area contributed by atoms with Gasteiger partial charge in [-0.05, 0) is 32.0 Å². The van der Waals surface area contributed by atoms with Crippen LogP contribution in [0, 0.1) is 0 Å². The number of hydrogen-bond donors (Lipinski definition) is 1. The third-order valence-electron chi connectivity index (χ3n) is 2.73. The van der Waals surface area contributed by atoms with Crippen LogP contribution in [0.25, 0.3) is 0 Å². The SMILES string of the molecule is CCN1C(=O)C(C)Sc2cc(C(=O)O)ccc21. The van der Waals surface area contributed by atoms with Crippen LogP contribution in [0.4, 0.5) is 5.69 Å². The Morgan fingerprint density at radius 1 is 1.53 bits per heavy atom. The normalized spacial score (nSPS) is 19.1. The fourth-order valence-corrected chi connectivity index (χ4v) is 2.97. The van der Waals surface area contributed by atoms with Gasteiger partial charge in [0.1, 0.15) is 0 Å². The van der Waals surface area contributed by atoms with Gasteiger partial charge in [0.15, 0.2) is 0 Å². The molecule has 0 saturated heterocycles. The summed E-state index contributed by atoms with van der Waals surface area (Å²) in [7, 11) is 0. The lowest BCUT2D eigenvalue weighted by molar-refractivity contribution is -0.117. The van der Waals surface area contributed by atoms with E-state index in [1.54, 1.807) is 17.0 Å². The van der Waals surface area contributed by atoms with E-state index in [4.69, 9.17) is 5.11 Å². The molecule has 1 amide bonds. The summed E-state index contributed by atoms with van der Waals surface area (Å²) in [6, 6.07) is 4.88. The van der Waals surface area contributed by atoms with E-state index in [2.05, 4.69) is 0 Å². The van der Waals surface area contributed by atoms with E-state index in [0.29, 0.717) is 6.54 Å². The summed E-state index contributed by atoms with van der Waals surface area (Å²) in [5.74, 6) is -0.867. The number of carbonyl (C=O) groups excluding carboxylic acids is 1. The lowest BCUT2D eigenvalue weighted by atomic mass is 10.2. The van der Waals surface area contributed by atoms with Crippen LogP contribution in [0.1, 0.15) is 24.2 Å². The van der Waals surface area contributed by atoms with Crippen molar-refractivity contribution in [3.63, 3.8) is 0 Å². The van der Waals surface area contributed by atoms with Crippen molar-refractivity contribution in [1.29, 1.82) is 0 Å². The fourth-order valence-electron chi connectivity index (χ4n) is 1.87. The second-order valence-corrected chi connectivity index (χ2v) is 5.21. The van der Waals surface area contributed by atoms with Crippen LogP contribution in [0.15, 0.2) is 23.1 Å². The second-order valence-electron chi connectivity index (χ2n) is 3.83. The monoisotopic (exact) mass is 251 g/mol. The Morgan fingerprint density at radius 3 is 2.82 bits per heavy atom. The first-order chi connectivity index (χ1) is 8.04. The molecule has 1 aromatic carbocycles. The Kier molecular flexibility index (Phi) is 3.11. The van der Waals surface area contributed by atoms with Crippen molar-refractivity contribution in [1.82, 2.24) is 0 Å². The smallest absolute Gasteiger partial charge is 0.335 e. The Bertz CT molecular complexity index is 487. The molecule has 1 aliphatic heterocycles. The lowest BCUT2D eigenvalue weighted by Gasteiger charge is -2.31. The van der Waals surface area contributed by atoms with E-state index < -0.39 is 5.97 Å². The molecule has 0 spiro atoms. The number of carboxylic acids is 1. The number of carboxylic acid groups (broad SMARTS) is 1. The minimum absolute atomic E-state index is 0.0769. The van der Waals surface area contributed by atoms with Gasteiger partial charge in [-0.15, -0.1) is 11.8 Å². The molecule has 0 aromatic heterocycles. The van der Waals surface area contributed by atoms with E-state index in [0.717, 1.165) is 10.6 Å². The van der Waals surface area contributed by atoms with Crippen LogP contribution in [-0.2, 0) is 4.79 Å². The summed E-state index contributed by atoms with van der Waals surface area (Å²) in [5, 5.41) is 8.78. The van der Waals surface area contributed by atoms with Crippen LogP contribution in [-0.4, -0.2) is 28.8 Å². The van der Waals surface area contributed by atoms with Crippen molar-refractivity contribution in [3.05, 3.63) is 23.8 Å². The zero-order valence-electron chi connectivity index (χ0n) is 9.64. The molecule has 4 nitrogen and oxygen atoms in total. The number of aromatic carboxylic acids is 1. The van der Waals surface area contributed by atoms with Gasteiger partial charge in [0, 0.05) is 11.4 Å². The first kappa shape index (κ1) is 12.0. The molecular formula is C12H13NO3S. The van der Waals surface area contributed by atoms with Gasteiger partial charge in [-0.1, -0.05) is 0 Å². The van der Waals surface area contributed by atoms with Gasteiger partial charge in [0.2, 0.25) is 5.91 Å². The maximum atomic E-state index is 11.9. The molecule has 0 aliphatic carbocycles. The van der Waals surface area contributed by atoms with Gasteiger partial charge in [-0.3, -0.25) is 4.79 Å². The van der Waals surface area contributed by atoms with Crippen LogP contribution in [0.3, 0.4) is 0 Å². The van der Waals surface area contributed by atoms with Gasteiger partial charge in [-0.2, -0.15) is 0 Å². The Hall–Kier alpha value is -1.49. The molecule has 1 heterocycles. The Morgan fingerprint density at radius 2 is 2.24 bits per heavy atom.